The second kappa shape index (κ2) is 11.0. The molecule has 0 saturated heterocycles. The van der Waals surface area contributed by atoms with E-state index >= 15 is 0 Å². The Morgan fingerprint density at radius 1 is 0.815 bits per heavy atom. The lowest BCUT2D eigenvalue weighted by atomic mass is 9.67. The van der Waals surface area contributed by atoms with Crippen LogP contribution in [0.4, 0.5) is 0 Å². The molecular formula is C26H46O. The van der Waals surface area contributed by atoms with Gasteiger partial charge in [-0.05, 0) is 68.1 Å². The largest absolute Gasteiger partial charge is 0.299 e. The quantitative estimate of drug-likeness (QED) is 0.421. The summed E-state index contributed by atoms with van der Waals surface area (Å²) in [5.74, 6) is 5.45. The Hall–Kier alpha value is -0.330. The number of carbonyl (C=O) groups is 1. The number of Topliss-reactive ketones (excluding diaryl/α,β-unsaturated/α-hetero) is 1. The van der Waals surface area contributed by atoms with Gasteiger partial charge in [-0.25, -0.2) is 0 Å². The van der Waals surface area contributed by atoms with Crippen LogP contribution in [0.5, 0.6) is 0 Å². The van der Waals surface area contributed by atoms with Crippen LogP contribution in [0, 0.1) is 35.5 Å². The van der Waals surface area contributed by atoms with Gasteiger partial charge in [-0.3, -0.25) is 4.79 Å². The van der Waals surface area contributed by atoms with Crippen molar-refractivity contribution in [3.8, 4) is 0 Å². The highest BCUT2D eigenvalue weighted by molar-refractivity contribution is 5.81. The molecule has 0 radical (unpaired) electrons. The molecule has 0 heterocycles. The molecule has 1 heteroatoms. The Balaban J connectivity index is 1.35. The topological polar surface area (TPSA) is 17.1 Å². The minimum Gasteiger partial charge on any atom is -0.299 e. The first-order valence-corrected chi connectivity index (χ1v) is 12.7. The summed E-state index contributed by atoms with van der Waals surface area (Å²) < 4.78 is 0. The van der Waals surface area contributed by atoms with Crippen molar-refractivity contribution in [2.24, 2.45) is 35.5 Å². The van der Waals surface area contributed by atoms with Crippen LogP contribution < -0.4 is 0 Å². The third-order valence-corrected chi connectivity index (χ3v) is 8.73. The summed E-state index contributed by atoms with van der Waals surface area (Å²) in [7, 11) is 0. The van der Waals surface area contributed by atoms with E-state index < -0.39 is 0 Å². The molecule has 156 valence electrons. The smallest absolute Gasteiger partial charge is 0.136 e. The van der Waals surface area contributed by atoms with Gasteiger partial charge in [0.1, 0.15) is 5.78 Å². The fourth-order valence-corrected chi connectivity index (χ4v) is 6.71. The zero-order valence-electron chi connectivity index (χ0n) is 18.4. The number of carbonyl (C=O) groups excluding carboxylic acids is 1. The standard InChI is InChI=1S/C26H46O/c1-3-4-8-21-11-13-23(14-12-21)24-15-17-25(18-16-24)26(27)19-20(2)22-9-6-5-7-10-22/h20-25H,3-19H2,1-2H3. The van der Waals surface area contributed by atoms with Gasteiger partial charge in [0.05, 0.1) is 0 Å². The predicted molar refractivity (Wildman–Crippen MR) is 116 cm³/mol. The predicted octanol–water partition coefficient (Wildman–Crippen LogP) is 7.97. The second-order valence-electron chi connectivity index (χ2n) is 10.6. The minimum atomic E-state index is 0.410. The van der Waals surface area contributed by atoms with Crippen molar-refractivity contribution >= 4 is 5.78 Å². The van der Waals surface area contributed by atoms with Gasteiger partial charge in [0.2, 0.25) is 0 Å². The van der Waals surface area contributed by atoms with Crippen LogP contribution in [0.3, 0.4) is 0 Å². The number of rotatable bonds is 8. The summed E-state index contributed by atoms with van der Waals surface area (Å²) in [5.41, 5.74) is 0. The molecule has 0 N–H and O–H groups in total. The van der Waals surface area contributed by atoms with Gasteiger partial charge in [0, 0.05) is 12.3 Å². The molecule has 0 amide bonds. The first-order chi connectivity index (χ1) is 13.2. The zero-order chi connectivity index (χ0) is 19.1. The molecule has 1 nitrogen and oxygen atoms in total. The van der Waals surface area contributed by atoms with Crippen LogP contribution in [0.25, 0.3) is 0 Å². The number of ketones is 1. The average molecular weight is 375 g/mol. The molecule has 1 unspecified atom stereocenters. The van der Waals surface area contributed by atoms with E-state index in [0.717, 1.165) is 30.1 Å². The Bertz CT molecular complexity index is 419. The van der Waals surface area contributed by atoms with Crippen molar-refractivity contribution in [2.75, 3.05) is 0 Å². The highest BCUT2D eigenvalue weighted by Gasteiger charge is 2.33. The molecule has 3 aliphatic rings. The Labute approximate surface area is 169 Å². The molecule has 3 aliphatic carbocycles. The Kier molecular flexibility index (Phi) is 8.72. The summed E-state index contributed by atoms with van der Waals surface area (Å²) in [6.45, 7) is 4.68. The monoisotopic (exact) mass is 374 g/mol. The average Bonchev–Trinajstić information content (AvgIpc) is 2.73. The van der Waals surface area contributed by atoms with E-state index in [9.17, 15) is 4.79 Å². The van der Waals surface area contributed by atoms with Gasteiger partial charge in [0.15, 0.2) is 0 Å². The van der Waals surface area contributed by atoms with Gasteiger partial charge < -0.3 is 0 Å². The SMILES string of the molecule is CCCCC1CCC(C2CCC(C(=O)CC(C)C3CCCCC3)CC2)CC1. The molecule has 0 bridgehead atoms. The van der Waals surface area contributed by atoms with Crippen LogP contribution >= 0.6 is 0 Å². The van der Waals surface area contributed by atoms with Crippen molar-refractivity contribution < 1.29 is 4.79 Å². The lowest BCUT2D eigenvalue weighted by Gasteiger charge is -2.38. The van der Waals surface area contributed by atoms with Crippen molar-refractivity contribution in [1.29, 1.82) is 0 Å². The van der Waals surface area contributed by atoms with E-state index in [0.29, 0.717) is 17.6 Å². The first kappa shape index (κ1) is 21.4. The summed E-state index contributed by atoms with van der Waals surface area (Å²) in [6.07, 6.45) is 23.2. The van der Waals surface area contributed by atoms with Gasteiger partial charge in [-0.1, -0.05) is 78.1 Å². The van der Waals surface area contributed by atoms with Crippen molar-refractivity contribution in [3.05, 3.63) is 0 Å². The van der Waals surface area contributed by atoms with Crippen molar-refractivity contribution in [2.45, 2.75) is 123 Å². The molecule has 3 rings (SSSR count). The highest BCUT2D eigenvalue weighted by Crippen LogP contribution is 2.43. The third kappa shape index (κ3) is 6.33. The fraction of sp³-hybridized carbons (Fsp3) is 0.962. The molecule has 0 aromatic rings. The van der Waals surface area contributed by atoms with E-state index in [-0.39, 0.29) is 0 Å². The van der Waals surface area contributed by atoms with E-state index in [1.165, 1.54) is 103 Å². The first-order valence-electron chi connectivity index (χ1n) is 12.7. The van der Waals surface area contributed by atoms with Gasteiger partial charge in [-0.2, -0.15) is 0 Å². The molecule has 0 aromatic carbocycles. The summed E-state index contributed by atoms with van der Waals surface area (Å²) >= 11 is 0. The normalized spacial score (nSPS) is 34.3. The summed E-state index contributed by atoms with van der Waals surface area (Å²) in [6, 6.07) is 0. The Morgan fingerprint density at radius 3 is 2.00 bits per heavy atom. The van der Waals surface area contributed by atoms with Gasteiger partial charge in [-0.15, -0.1) is 0 Å². The zero-order valence-corrected chi connectivity index (χ0v) is 18.4. The van der Waals surface area contributed by atoms with E-state index in [1.54, 1.807) is 0 Å². The molecule has 1 atom stereocenters. The van der Waals surface area contributed by atoms with E-state index in [2.05, 4.69) is 13.8 Å². The van der Waals surface area contributed by atoms with Crippen LogP contribution in [0.2, 0.25) is 0 Å². The highest BCUT2D eigenvalue weighted by atomic mass is 16.1. The lowest BCUT2D eigenvalue weighted by Crippen LogP contribution is -2.29. The van der Waals surface area contributed by atoms with Crippen LogP contribution in [-0.2, 0) is 4.79 Å². The van der Waals surface area contributed by atoms with Gasteiger partial charge in [0.25, 0.3) is 0 Å². The second-order valence-corrected chi connectivity index (χ2v) is 10.6. The maximum atomic E-state index is 12.9. The molecule has 0 aliphatic heterocycles. The fourth-order valence-electron chi connectivity index (χ4n) is 6.71. The molecule has 0 aromatic heterocycles. The lowest BCUT2D eigenvalue weighted by molar-refractivity contribution is -0.125. The minimum absolute atomic E-state index is 0.410. The molecule has 3 saturated carbocycles. The number of hydrogen-bond acceptors (Lipinski definition) is 1. The molecule has 0 spiro atoms. The number of unbranched alkanes of at least 4 members (excludes halogenated alkanes) is 1. The van der Waals surface area contributed by atoms with Crippen LogP contribution in [0.1, 0.15) is 123 Å². The van der Waals surface area contributed by atoms with Crippen LogP contribution in [-0.4, -0.2) is 5.78 Å². The van der Waals surface area contributed by atoms with Crippen LogP contribution in [0.15, 0.2) is 0 Å². The van der Waals surface area contributed by atoms with E-state index in [1.807, 2.05) is 0 Å². The maximum absolute atomic E-state index is 12.9. The van der Waals surface area contributed by atoms with Gasteiger partial charge >= 0.3 is 0 Å². The Morgan fingerprint density at radius 2 is 1.41 bits per heavy atom. The molecule has 27 heavy (non-hydrogen) atoms. The maximum Gasteiger partial charge on any atom is 0.136 e. The molecule has 3 fully saturated rings. The van der Waals surface area contributed by atoms with Crippen molar-refractivity contribution in [1.82, 2.24) is 0 Å². The number of hydrogen-bond donors (Lipinski definition) is 0. The molecular weight excluding hydrogens is 328 g/mol. The summed E-state index contributed by atoms with van der Waals surface area (Å²) in [4.78, 5) is 12.9. The summed E-state index contributed by atoms with van der Waals surface area (Å²) in [5, 5.41) is 0. The van der Waals surface area contributed by atoms with E-state index in [4.69, 9.17) is 0 Å². The third-order valence-electron chi connectivity index (χ3n) is 8.73. The van der Waals surface area contributed by atoms with Crippen molar-refractivity contribution in [3.63, 3.8) is 0 Å².